The topological polar surface area (TPSA) is 24.9 Å². The Morgan fingerprint density at radius 2 is 1.65 bits per heavy atom. The van der Waals surface area contributed by atoms with E-state index in [0.717, 1.165) is 45.3 Å². The predicted molar refractivity (Wildman–Crippen MR) is 128 cm³/mol. The standard InChI is InChI=1S/C25H35FN2O2Si/c1-25(2)19-31(25,4)30-18-21-6-5-7-23(24(21)26)28-15-13-27(14-16-28)22-10-8-20(9-11-22)12-17-29-3/h5-11H,12-19H2,1-4H3. The summed E-state index contributed by atoms with van der Waals surface area (Å²) >= 11 is 0. The van der Waals surface area contributed by atoms with Crippen LogP contribution in [0.2, 0.25) is 17.6 Å². The third-order valence-electron chi connectivity index (χ3n) is 7.21. The van der Waals surface area contributed by atoms with E-state index >= 15 is 4.39 Å². The number of halogens is 1. The first-order valence-electron chi connectivity index (χ1n) is 11.3. The molecule has 0 amide bonds. The summed E-state index contributed by atoms with van der Waals surface area (Å²) in [6.45, 7) is 11.3. The van der Waals surface area contributed by atoms with Crippen molar-refractivity contribution in [2.24, 2.45) is 0 Å². The highest BCUT2D eigenvalue weighted by atomic mass is 28.4. The first-order chi connectivity index (χ1) is 14.8. The average Bonchev–Trinajstić information content (AvgIpc) is 3.29. The first-order valence-corrected chi connectivity index (χ1v) is 13.9. The molecule has 2 aliphatic heterocycles. The molecule has 0 aliphatic carbocycles. The molecule has 1 unspecified atom stereocenters. The third-order valence-corrected chi connectivity index (χ3v) is 12.2. The zero-order valence-corrected chi connectivity index (χ0v) is 20.3. The maximum atomic E-state index is 15.3. The second-order valence-corrected chi connectivity index (χ2v) is 14.2. The lowest BCUT2D eigenvalue weighted by Crippen LogP contribution is -2.46. The monoisotopic (exact) mass is 442 g/mol. The van der Waals surface area contributed by atoms with E-state index in [4.69, 9.17) is 9.16 Å². The summed E-state index contributed by atoms with van der Waals surface area (Å²) in [5.74, 6) is -0.116. The third kappa shape index (κ3) is 4.81. The fraction of sp³-hybridized carbons (Fsp3) is 0.520. The SMILES string of the molecule is COCCc1ccc(N2CCN(c3cccc(CO[Si]4(C)CC4(C)C)c3F)CC2)cc1. The Labute approximate surface area is 187 Å². The van der Waals surface area contributed by atoms with Gasteiger partial charge in [-0.3, -0.25) is 0 Å². The summed E-state index contributed by atoms with van der Waals surface area (Å²) in [7, 11) is 0.0816. The molecule has 0 radical (unpaired) electrons. The van der Waals surface area contributed by atoms with Gasteiger partial charge in [0.15, 0.2) is 14.1 Å². The van der Waals surface area contributed by atoms with E-state index in [1.54, 1.807) is 7.11 Å². The van der Waals surface area contributed by atoms with Gasteiger partial charge in [0.1, 0.15) is 0 Å². The van der Waals surface area contributed by atoms with Gasteiger partial charge in [-0.15, -0.1) is 0 Å². The van der Waals surface area contributed by atoms with Gasteiger partial charge < -0.3 is 19.0 Å². The van der Waals surface area contributed by atoms with Gasteiger partial charge in [0.25, 0.3) is 0 Å². The lowest BCUT2D eigenvalue weighted by Gasteiger charge is -2.37. The number of nitrogens with zero attached hydrogens (tertiary/aromatic N) is 2. The summed E-state index contributed by atoms with van der Waals surface area (Å²) in [5.41, 5.74) is 3.91. The molecule has 0 N–H and O–H groups in total. The molecule has 0 aromatic heterocycles. The average molecular weight is 443 g/mol. The van der Waals surface area contributed by atoms with Gasteiger partial charge in [-0.2, -0.15) is 0 Å². The minimum absolute atomic E-state index is 0.116. The number of piperazine rings is 1. The molecule has 4 rings (SSSR count). The van der Waals surface area contributed by atoms with E-state index in [1.807, 2.05) is 18.2 Å². The molecule has 0 bridgehead atoms. The number of benzene rings is 2. The number of methoxy groups -OCH3 is 1. The van der Waals surface area contributed by atoms with Crippen LogP contribution in [0.25, 0.3) is 0 Å². The highest BCUT2D eigenvalue weighted by Gasteiger charge is 2.62. The van der Waals surface area contributed by atoms with Crippen LogP contribution < -0.4 is 9.80 Å². The molecule has 2 heterocycles. The van der Waals surface area contributed by atoms with E-state index in [-0.39, 0.29) is 5.82 Å². The van der Waals surface area contributed by atoms with Crippen molar-refractivity contribution in [2.45, 2.75) is 44.5 Å². The van der Waals surface area contributed by atoms with Crippen molar-refractivity contribution in [3.05, 3.63) is 59.4 Å². The molecule has 168 valence electrons. The number of hydrogen-bond donors (Lipinski definition) is 0. The van der Waals surface area contributed by atoms with Crippen molar-refractivity contribution in [3.8, 4) is 0 Å². The lowest BCUT2D eigenvalue weighted by atomic mass is 10.1. The number of hydrogen-bond acceptors (Lipinski definition) is 4. The molecule has 0 saturated carbocycles. The predicted octanol–water partition coefficient (Wildman–Crippen LogP) is 5.23. The van der Waals surface area contributed by atoms with Gasteiger partial charge in [-0.05, 0) is 47.8 Å². The highest BCUT2D eigenvalue weighted by molar-refractivity contribution is 6.86. The van der Waals surface area contributed by atoms with Crippen LogP contribution >= 0.6 is 0 Å². The molecule has 2 aliphatic rings. The molecule has 0 spiro atoms. The van der Waals surface area contributed by atoms with Gasteiger partial charge >= 0.3 is 0 Å². The minimum atomic E-state index is -1.65. The summed E-state index contributed by atoms with van der Waals surface area (Å²) < 4.78 is 26.7. The fourth-order valence-corrected chi connectivity index (χ4v) is 7.82. The zero-order valence-electron chi connectivity index (χ0n) is 19.3. The minimum Gasteiger partial charge on any atom is -0.412 e. The first kappa shape index (κ1) is 22.3. The Bertz CT molecular complexity index is 897. The van der Waals surface area contributed by atoms with Crippen LogP contribution in [0, 0.1) is 5.82 Å². The van der Waals surface area contributed by atoms with Crippen molar-refractivity contribution in [1.29, 1.82) is 0 Å². The quantitative estimate of drug-likeness (QED) is 0.523. The molecule has 1 atom stereocenters. The van der Waals surface area contributed by atoms with E-state index in [2.05, 4.69) is 54.5 Å². The van der Waals surface area contributed by atoms with Crippen LogP contribution in [-0.2, 0) is 22.2 Å². The molecule has 2 saturated heterocycles. The Morgan fingerprint density at radius 1 is 1.00 bits per heavy atom. The Hall–Kier alpha value is -1.89. The van der Waals surface area contributed by atoms with Crippen molar-refractivity contribution < 1.29 is 13.6 Å². The largest absolute Gasteiger partial charge is 0.412 e. The van der Waals surface area contributed by atoms with Gasteiger partial charge in [0, 0.05) is 44.5 Å². The fourth-order valence-electron chi connectivity index (χ4n) is 4.50. The second kappa shape index (κ2) is 8.92. The highest BCUT2D eigenvalue weighted by Crippen LogP contribution is 2.62. The summed E-state index contributed by atoms with van der Waals surface area (Å²) in [6, 6.07) is 15.6. The van der Waals surface area contributed by atoms with Crippen LogP contribution in [0.3, 0.4) is 0 Å². The molecule has 31 heavy (non-hydrogen) atoms. The Balaban J connectivity index is 1.35. The van der Waals surface area contributed by atoms with Gasteiger partial charge in [0.2, 0.25) is 0 Å². The van der Waals surface area contributed by atoms with Crippen molar-refractivity contribution in [1.82, 2.24) is 0 Å². The van der Waals surface area contributed by atoms with Crippen molar-refractivity contribution in [3.63, 3.8) is 0 Å². The van der Waals surface area contributed by atoms with E-state index in [1.165, 1.54) is 11.3 Å². The van der Waals surface area contributed by atoms with Crippen molar-refractivity contribution >= 4 is 19.7 Å². The molecular formula is C25H35FN2O2Si. The van der Waals surface area contributed by atoms with Gasteiger partial charge in [0.05, 0.1) is 18.9 Å². The zero-order chi connectivity index (χ0) is 22.1. The van der Waals surface area contributed by atoms with E-state index in [0.29, 0.717) is 22.9 Å². The summed E-state index contributed by atoms with van der Waals surface area (Å²) in [5, 5.41) is 0.319. The Kier molecular flexibility index (Phi) is 6.42. The number of anilines is 2. The van der Waals surface area contributed by atoms with E-state index in [9.17, 15) is 0 Å². The van der Waals surface area contributed by atoms with Crippen LogP contribution in [0.5, 0.6) is 0 Å². The molecule has 2 aromatic rings. The second-order valence-electron chi connectivity index (χ2n) is 9.71. The molecule has 2 fully saturated rings. The normalized spacial score (nSPS) is 22.6. The summed E-state index contributed by atoms with van der Waals surface area (Å²) in [6.07, 6.45) is 0.934. The van der Waals surface area contributed by atoms with Gasteiger partial charge in [-0.1, -0.05) is 38.1 Å². The molecular weight excluding hydrogens is 407 g/mol. The van der Waals surface area contributed by atoms with Crippen molar-refractivity contribution in [2.75, 3.05) is 49.7 Å². The van der Waals surface area contributed by atoms with Gasteiger partial charge in [-0.25, -0.2) is 4.39 Å². The number of rotatable bonds is 8. The molecule has 6 heteroatoms. The maximum absolute atomic E-state index is 15.3. The number of ether oxygens (including phenoxy) is 1. The smallest absolute Gasteiger partial charge is 0.195 e. The molecule has 4 nitrogen and oxygen atoms in total. The molecule has 2 aromatic carbocycles. The van der Waals surface area contributed by atoms with Crippen LogP contribution in [0.4, 0.5) is 15.8 Å². The summed E-state index contributed by atoms with van der Waals surface area (Å²) in [4.78, 5) is 4.55. The van der Waals surface area contributed by atoms with Crippen LogP contribution in [-0.4, -0.2) is 48.2 Å². The lowest BCUT2D eigenvalue weighted by molar-refractivity contribution is 0.202. The Morgan fingerprint density at radius 3 is 2.26 bits per heavy atom. The van der Waals surface area contributed by atoms with Crippen LogP contribution in [0.1, 0.15) is 25.0 Å². The maximum Gasteiger partial charge on any atom is 0.195 e. The van der Waals surface area contributed by atoms with E-state index < -0.39 is 8.32 Å². The van der Waals surface area contributed by atoms with Crippen LogP contribution in [0.15, 0.2) is 42.5 Å².